The molecule has 0 radical (unpaired) electrons. The first-order chi connectivity index (χ1) is 12.8. The summed E-state index contributed by atoms with van der Waals surface area (Å²) >= 11 is 0. The van der Waals surface area contributed by atoms with Gasteiger partial charge in [0.05, 0.1) is 22.4 Å². The minimum atomic E-state index is -0.0696. The molecule has 27 heavy (non-hydrogen) atoms. The maximum absolute atomic E-state index is 12.7. The van der Waals surface area contributed by atoms with E-state index in [1.807, 2.05) is 32.0 Å². The van der Waals surface area contributed by atoms with Gasteiger partial charge in [-0.05, 0) is 52.4 Å². The predicted molar refractivity (Wildman–Crippen MR) is 109 cm³/mol. The second-order valence-electron chi connectivity index (χ2n) is 8.01. The van der Waals surface area contributed by atoms with Crippen LogP contribution in [0, 0.1) is 13.8 Å². The first-order valence-corrected chi connectivity index (χ1v) is 9.81. The highest BCUT2D eigenvalue weighted by Crippen LogP contribution is 2.18. The van der Waals surface area contributed by atoms with E-state index in [2.05, 4.69) is 45.9 Å². The molecule has 1 aromatic carbocycles. The number of piperazine rings is 1. The summed E-state index contributed by atoms with van der Waals surface area (Å²) < 4.78 is 0. The molecule has 1 amide bonds. The zero-order valence-corrected chi connectivity index (χ0v) is 17.2. The van der Waals surface area contributed by atoms with Crippen LogP contribution in [-0.4, -0.2) is 70.5 Å². The van der Waals surface area contributed by atoms with Crippen LogP contribution in [0.5, 0.6) is 0 Å². The summed E-state index contributed by atoms with van der Waals surface area (Å²) in [7, 11) is 0. The van der Waals surface area contributed by atoms with Gasteiger partial charge in [0.15, 0.2) is 0 Å². The van der Waals surface area contributed by atoms with Gasteiger partial charge in [-0.25, -0.2) is 9.97 Å². The smallest absolute Gasteiger partial charge is 0.251 e. The van der Waals surface area contributed by atoms with Crippen LogP contribution in [0.3, 0.4) is 0 Å². The molecular weight excluding hydrogens is 338 g/mol. The second kappa shape index (κ2) is 7.90. The number of carbonyl (C=O) groups excluding carboxylic acids is 1. The number of carbonyl (C=O) groups is 1. The van der Waals surface area contributed by atoms with Crippen LogP contribution in [0.4, 0.5) is 0 Å². The van der Waals surface area contributed by atoms with Crippen molar-refractivity contribution in [3.63, 3.8) is 0 Å². The van der Waals surface area contributed by atoms with Crippen molar-refractivity contribution in [2.24, 2.45) is 0 Å². The third kappa shape index (κ3) is 4.45. The van der Waals surface area contributed by atoms with Crippen molar-refractivity contribution in [2.75, 3.05) is 39.3 Å². The summed E-state index contributed by atoms with van der Waals surface area (Å²) in [6.45, 7) is 16.5. The molecule has 0 saturated carbocycles. The van der Waals surface area contributed by atoms with Crippen LogP contribution in [0.25, 0.3) is 11.0 Å². The Balaban J connectivity index is 1.65. The van der Waals surface area contributed by atoms with Crippen molar-refractivity contribution in [2.45, 2.75) is 40.2 Å². The number of likely N-dealkylation sites (N-methyl/N-ethyl adjacent to an activating group) is 1. The van der Waals surface area contributed by atoms with Crippen LogP contribution in [0.2, 0.25) is 0 Å². The summed E-state index contributed by atoms with van der Waals surface area (Å²) in [5.74, 6) is -0.0582. The lowest BCUT2D eigenvalue weighted by molar-refractivity contribution is 0.0521. The van der Waals surface area contributed by atoms with E-state index in [0.717, 1.165) is 55.1 Å². The number of rotatable bonds is 5. The second-order valence-corrected chi connectivity index (χ2v) is 8.01. The molecular formula is C21H31N5O. The Morgan fingerprint density at radius 3 is 2.33 bits per heavy atom. The fourth-order valence-electron chi connectivity index (χ4n) is 3.55. The molecule has 0 unspecified atom stereocenters. The maximum Gasteiger partial charge on any atom is 0.251 e. The van der Waals surface area contributed by atoms with Crippen LogP contribution in [0.1, 0.15) is 42.5 Å². The van der Waals surface area contributed by atoms with E-state index in [9.17, 15) is 4.79 Å². The minimum Gasteiger partial charge on any atom is -0.350 e. The molecule has 2 aromatic rings. The zero-order valence-electron chi connectivity index (χ0n) is 17.2. The quantitative estimate of drug-likeness (QED) is 0.877. The van der Waals surface area contributed by atoms with Gasteiger partial charge in [0, 0.05) is 43.8 Å². The van der Waals surface area contributed by atoms with Crippen molar-refractivity contribution >= 4 is 16.9 Å². The molecule has 6 heteroatoms. The molecule has 0 spiro atoms. The third-order valence-corrected chi connectivity index (χ3v) is 5.69. The van der Waals surface area contributed by atoms with E-state index >= 15 is 0 Å². The molecule has 1 aromatic heterocycles. The lowest BCUT2D eigenvalue weighted by Gasteiger charge is -2.44. The number of fused-ring (bicyclic) bond motifs is 1. The van der Waals surface area contributed by atoms with E-state index in [4.69, 9.17) is 0 Å². The fourth-order valence-corrected chi connectivity index (χ4v) is 3.55. The van der Waals surface area contributed by atoms with Gasteiger partial charge in [-0.2, -0.15) is 0 Å². The summed E-state index contributed by atoms with van der Waals surface area (Å²) in [4.78, 5) is 26.7. The Kier molecular flexibility index (Phi) is 5.77. The number of nitrogens with zero attached hydrogens (tertiary/aromatic N) is 4. The van der Waals surface area contributed by atoms with Crippen LogP contribution in [0.15, 0.2) is 18.2 Å². The van der Waals surface area contributed by atoms with Gasteiger partial charge >= 0.3 is 0 Å². The van der Waals surface area contributed by atoms with Gasteiger partial charge in [-0.3, -0.25) is 9.69 Å². The Morgan fingerprint density at radius 1 is 1.07 bits per heavy atom. The molecule has 1 saturated heterocycles. The SMILES string of the molecule is CCN1CCN(C(C)(C)CNC(=O)c2ccc3nc(C)c(C)nc3c2)CC1. The molecule has 1 fully saturated rings. The summed E-state index contributed by atoms with van der Waals surface area (Å²) in [6.07, 6.45) is 0. The number of benzene rings is 1. The third-order valence-electron chi connectivity index (χ3n) is 5.69. The standard InChI is InChI=1S/C21H31N5O/c1-6-25-9-11-26(12-10-25)21(4,5)14-22-20(27)17-7-8-18-19(13-17)24-16(3)15(2)23-18/h7-8,13H,6,9-12,14H2,1-5H3,(H,22,27). The van der Waals surface area contributed by atoms with Crippen molar-refractivity contribution in [1.82, 2.24) is 25.1 Å². The van der Waals surface area contributed by atoms with Gasteiger partial charge < -0.3 is 10.2 Å². The Bertz CT molecular complexity index is 825. The predicted octanol–water partition coefficient (Wildman–Crippen LogP) is 2.39. The fraction of sp³-hybridized carbons (Fsp3) is 0.571. The molecule has 146 valence electrons. The minimum absolute atomic E-state index is 0.0582. The zero-order chi connectivity index (χ0) is 19.6. The summed E-state index contributed by atoms with van der Waals surface area (Å²) in [5.41, 5.74) is 3.97. The molecule has 3 rings (SSSR count). The molecule has 1 aliphatic heterocycles. The van der Waals surface area contributed by atoms with E-state index in [-0.39, 0.29) is 11.4 Å². The van der Waals surface area contributed by atoms with Gasteiger partial charge in [0.2, 0.25) is 0 Å². The lowest BCUT2D eigenvalue weighted by Crippen LogP contribution is -2.58. The van der Waals surface area contributed by atoms with Crippen molar-refractivity contribution < 1.29 is 4.79 Å². The highest BCUT2D eigenvalue weighted by molar-refractivity contribution is 5.97. The van der Waals surface area contributed by atoms with Gasteiger partial charge in [0.25, 0.3) is 5.91 Å². The van der Waals surface area contributed by atoms with E-state index in [1.165, 1.54) is 0 Å². The van der Waals surface area contributed by atoms with Crippen LogP contribution >= 0.6 is 0 Å². The average Bonchev–Trinajstić information content (AvgIpc) is 2.66. The van der Waals surface area contributed by atoms with E-state index in [1.54, 1.807) is 0 Å². The van der Waals surface area contributed by atoms with Crippen molar-refractivity contribution in [1.29, 1.82) is 0 Å². The Labute approximate surface area is 162 Å². The number of nitrogens with one attached hydrogen (secondary N) is 1. The van der Waals surface area contributed by atoms with Crippen LogP contribution in [-0.2, 0) is 0 Å². The van der Waals surface area contributed by atoms with Crippen molar-refractivity contribution in [3.05, 3.63) is 35.2 Å². The summed E-state index contributed by atoms with van der Waals surface area (Å²) in [5, 5.41) is 3.11. The maximum atomic E-state index is 12.7. The number of amides is 1. The van der Waals surface area contributed by atoms with E-state index < -0.39 is 0 Å². The topological polar surface area (TPSA) is 61.4 Å². The van der Waals surface area contributed by atoms with Crippen LogP contribution < -0.4 is 5.32 Å². The van der Waals surface area contributed by atoms with Gasteiger partial charge in [-0.1, -0.05) is 6.92 Å². The van der Waals surface area contributed by atoms with Gasteiger partial charge in [0.1, 0.15) is 0 Å². The molecule has 0 aliphatic carbocycles. The van der Waals surface area contributed by atoms with Crippen molar-refractivity contribution in [3.8, 4) is 0 Å². The Hall–Kier alpha value is -2.05. The average molecular weight is 370 g/mol. The van der Waals surface area contributed by atoms with Gasteiger partial charge in [-0.15, -0.1) is 0 Å². The highest BCUT2D eigenvalue weighted by atomic mass is 16.1. The molecule has 0 atom stereocenters. The molecule has 6 nitrogen and oxygen atoms in total. The Morgan fingerprint density at radius 2 is 1.70 bits per heavy atom. The molecule has 1 aliphatic rings. The molecule has 2 heterocycles. The molecule has 0 bridgehead atoms. The number of aromatic nitrogens is 2. The molecule has 1 N–H and O–H groups in total. The number of hydrogen-bond acceptors (Lipinski definition) is 5. The highest BCUT2D eigenvalue weighted by Gasteiger charge is 2.30. The first-order valence-electron chi connectivity index (χ1n) is 9.81. The summed E-state index contributed by atoms with van der Waals surface area (Å²) in [6, 6.07) is 5.53. The monoisotopic (exact) mass is 369 g/mol. The van der Waals surface area contributed by atoms with E-state index in [0.29, 0.717) is 12.1 Å². The normalized spacial score (nSPS) is 16.6. The lowest BCUT2D eigenvalue weighted by atomic mass is 10.0. The first kappa shape index (κ1) is 19.7. The largest absolute Gasteiger partial charge is 0.350 e. The number of aryl methyl sites for hydroxylation is 2. The number of hydrogen-bond donors (Lipinski definition) is 1.